The maximum Gasteiger partial charge on any atom is 0.303 e. The Morgan fingerprint density at radius 1 is 1.39 bits per heavy atom. The molecule has 1 aromatic carbocycles. The van der Waals surface area contributed by atoms with Crippen molar-refractivity contribution in [1.82, 2.24) is 4.90 Å². The summed E-state index contributed by atoms with van der Waals surface area (Å²) in [7, 11) is 0. The van der Waals surface area contributed by atoms with E-state index in [-0.39, 0.29) is 24.3 Å². The molecule has 2 atom stereocenters. The molecule has 5 heteroatoms. The number of likely N-dealkylation sites (tertiary alicyclic amines) is 1. The fraction of sp³-hybridized carbons (Fsp3) is 0.444. The predicted molar refractivity (Wildman–Crippen MR) is 87.2 cm³/mol. The lowest BCUT2D eigenvalue weighted by Gasteiger charge is -2.47. The van der Waals surface area contributed by atoms with E-state index in [4.69, 9.17) is 9.84 Å². The van der Waals surface area contributed by atoms with Crippen LogP contribution in [0.4, 0.5) is 0 Å². The number of rotatable bonds is 9. The second-order valence-corrected chi connectivity index (χ2v) is 5.68. The van der Waals surface area contributed by atoms with Crippen LogP contribution < -0.4 is 4.74 Å². The molecular weight excluding hydrogens is 294 g/mol. The number of nitrogens with zero attached hydrogens (tertiary/aromatic N) is 1. The Labute approximate surface area is 136 Å². The van der Waals surface area contributed by atoms with Gasteiger partial charge in [0.25, 0.3) is 0 Å². The summed E-state index contributed by atoms with van der Waals surface area (Å²) < 4.78 is 5.47. The van der Waals surface area contributed by atoms with Gasteiger partial charge in [0.05, 0.1) is 12.0 Å². The van der Waals surface area contributed by atoms with Crippen molar-refractivity contribution in [3.8, 4) is 5.75 Å². The maximum atomic E-state index is 12.3. The van der Waals surface area contributed by atoms with Crippen molar-refractivity contribution >= 4 is 11.9 Å². The summed E-state index contributed by atoms with van der Waals surface area (Å²) in [6, 6.07) is 7.62. The normalized spacial score (nSPS) is 20.0. The summed E-state index contributed by atoms with van der Waals surface area (Å²) in [5.41, 5.74) is 1.03. The van der Waals surface area contributed by atoms with Gasteiger partial charge in [-0.15, -0.1) is 0 Å². The number of carbonyl (C=O) groups excluding carboxylic acids is 1. The number of ether oxygens (including phenoxy) is 1. The molecule has 1 amide bonds. The molecule has 0 bridgehead atoms. The first kappa shape index (κ1) is 17.1. The Hall–Kier alpha value is -2.30. The zero-order valence-corrected chi connectivity index (χ0v) is 13.4. The van der Waals surface area contributed by atoms with Crippen LogP contribution in [0.1, 0.15) is 37.8 Å². The van der Waals surface area contributed by atoms with Gasteiger partial charge in [-0.05, 0) is 30.5 Å². The van der Waals surface area contributed by atoms with Crippen molar-refractivity contribution in [2.75, 3.05) is 13.2 Å². The average Bonchev–Trinajstić information content (AvgIpc) is 2.55. The van der Waals surface area contributed by atoms with Crippen molar-refractivity contribution in [3.05, 3.63) is 42.5 Å². The molecule has 0 aromatic heterocycles. The number of benzene rings is 1. The first-order valence-corrected chi connectivity index (χ1v) is 7.94. The molecule has 1 aliphatic heterocycles. The lowest BCUT2D eigenvalue weighted by atomic mass is 9.79. The molecule has 1 fully saturated rings. The summed E-state index contributed by atoms with van der Waals surface area (Å²) in [6.07, 6.45) is 2.97. The molecule has 0 spiro atoms. The highest BCUT2D eigenvalue weighted by atomic mass is 16.5. The van der Waals surface area contributed by atoms with Crippen molar-refractivity contribution < 1.29 is 19.4 Å². The van der Waals surface area contributed by atoms with Crippen molar-refractivity contribution in [2.45, 2.75) is 32.2 Å². The van der Waals surface area contributed by atoms with E-state index in [2.05, 4.69) is 6.58 Å². The quantitative estimate of drug-likeness (QED) is 0.561. The highest BCUT2D eigenvalue weighted by Gasteiger charge is 2.46. The first-order chi connectivity index (χ1) is 11.1. The van der Waals surface area contributed by atoms with E-state index in [1.807, 2.05) is 36.1 Å². The fourth-order valence-electron chi connectivity index (χ4n) is 3.00. The van der Waals surface area contributed by atoms with Crippen LogP contribution >= 0.6 is 0 Å². The number of amides is 1. The molecule has 124 valence electrons. The third-order valence-electron chi connectivity index (χ3n) is 4.04. The summed E-state index contributed by atoms with van der Waals surface area (Å²) in [6.45, 7) is 6.78. The Morgan fingerprint density at radius 3 is 2.65 bits per heavy atom. The lowest BCUT2D eigenvalue weighted by Crippen LogP contribution is -2.55. The number of carboxylic acid groups (broad SMARTS) is 1. The molecular formula is C18H23NO4. The number of carbonyl (C=O) groups is 2. The Bertz CT molecular complexity index is 567. The third-order valence-corrected chi connectivity index (χ3v) is 4.04. The van der Waals surface area contributed by atoms with Gasteiger partial charge in [0.15, 0.2) is 0 Å². The Balaban J connectivity index is 2.12. The summed E-state index contributed by atoms with van der Waals surface area (Å²) in [5.74, 6) is -0.287. The van der Waals surface area contributed by atoms with Gasteiger partial charge in [-0.25, -0.2) is 0 Å². The molecule has 0 radical (unpaired) electrons. The second-order valence-electron chi connectivity index (χ2n) is 5.68. The highest BCUT2D eigenvalue weighted by molar-refractivity contribution is 5.87. The highest BCUT2D eigenvalue weighted by Crippen LogP contribution is 2.42. The second kappa shape index (κ2) is 7.81. The molecule has 1 aliphatic rings. The van der Waals surface area contributed by atoms with Crippen LogP contribution in [0, 0.1) is 5.92 Å². The zero-order valence-electron chi connectivity index (χ0n) is 13.4. The SMILES string of the molecule is C=CCOc1ccc([C@@H]2[C@@H](CCC(=O)O)C(=O)N2CCC)cc1. The summed E-state index contributed by atoms with van der Waals surface area (Å²) >= 11 is 0. The minimum Gasteiger partial charge on any atom is -0.490 e. The van der Waals surface area contributed by atoms with Gasteiger partial charge < -0.3 is 14.7 Å². The zero-order chi connectivity index (χ0) is 16.8. The van der Waals surface area contributed by atoms with Crippen LogP contribution in [0.25, 0.3) is 0 Å². The first-order valence-electron chi connectivity index (χ1n) is 7.94. The molecule has 1 aromatic rings. The lowest BCUT2D eigenvalue weighted by molar-refractivity contribution is -0.158. The minimum absolute atomic E-state index is 0.0212. The third kappa shape index (κ3) is 3.92. The molecule has 0 unspecified atom stereocenters. The van der Waals surface area contributed by atoms with E-state index in [0.717, 1.165) is 17.7 Å². The van der Waals surface area contributed by atoms with Gasteiger partial charge >= 0.3 is 5.97 Å². The summed E-state index contributed by atoms with van der Waals surface area (Å²) in [4.78, 5) is 24.9. The topological polar surface area (TPSA) is 66.8 Å². The Kier molecular flexibility index (Phi) is 5.79. The van der Waals surface area contributed by atoms with E-state index < -0.39 is 5.97 Å². The molecule has 2 rings (SSSR count). The molecule has 0 aliphatic carbocycles. The standard InChI is InChI=1S/C18H23NO4/c1-3-11-19-17(15(18(19)22)9-10-16(20)21)13-5-7-14(8-6-13)23-12-4-2/h4-8,15,17H,2-3,9-12H2,1H3,(H,20,21)/t15-,17-/m1/s1. The van der Waals surface area contributed by atoms with Crippen LogP contribution in [0.3, 0.4) is 0 Å². The van der Waals surface area contributed by atoms with Crippen LogP contribution in [-0.4, -0.2) is 35.0 Å². The van der Waals surface area contributed by atoms with Crippen LogP contribution in [0.15, 0.2) is 36.9 Å². The molecule has 1 saturated heterocycles. The van der Waals surface area contributed by atoms with Gasteiger partial charge in [-0.1, -0.05) is 31.7 Å². The van der Waals surface area contributed by atoms with Gasteiger partial charge in [-0.3, -0.25) is 9.59 Å². The van der Waals surface area contributed by atoms with Gasteiger partial charge in [-0.2, -0.15) is 0 Å². The fourth-order valence-corrected chi connectivity index (χ4v) is 3.00. The number of carboxylic acids is 1. The molecule has 23 heavy (non-hydrogen) atoms. The number of β-lactam (4-membered cyclic amide) rings is 1. The predicted octanol–water partition coefficient (Wildman–Crippen LogP) is 3.03. The minimum atomic E-state index is -0.862. The van der Waals surface area contributed by atoms with E-state index in [1.54, 1.807) is 6.08 Å². The van der Waals surface area contributed by atoms with E-state index in [1.165, 1.54) is 0 Å². The van der Waals surface area contributed by atoms with E-state index in [0.29, 0.717) is 19.6 Å². The van der Waals surface area contributed by atoms with Crippen LogP contribution in [0.5, 0.6) is 5.75 Å². The van der Waals surface area contributed by atoms with Gasteiger partial charge in [0.2, 0.25) is 5.91 Å². The molecule has 1 heterocycles. The largest absolute Gasteiger partial charge is 0.490 e. The smallest absolute Gasteiger partial charge is 0.303 e. The van der Waals surface area contributed by atoms with Crippen molar-refractivity contribution in [3.63, 3.8) is 0 Å². The van der Waals surface area contributed by atoms with E-state index in [9.17, 15) is 9.59 Å². The number of hydrogen-bond donors (Lipinski definition) is 1. The monoisotopic (exact) mass is 317 g/mol. The Morgan fingerprint density at radius 2 is 2.09 bits per heavy atom. The van der Waals surface area contributed by atoms with E-state index >= 15 is 0 Å². The van der Waals surface area contributed by atoms with Crippen molar-refractivity contribution in [1.29, 1.82) is 0 Å². The average molecular weight is 317 g/mol. The van der Waals surface area contributed by atoms with Gasteiger partial charge in [0, 0.05) is 13.0 Å². The van der Waals surface area contributed by atoms with Crippen molar-refractivity contribution in [2.24, 2.45) is 5.92 Å². The number of aliphatic carboxylic acids is 1. The molecule has 1 N–H and O–H groups in total. The summed E-state index contributed by atoms with van der Waals surface area (Å²) in [5, 5.41) is 8.86. The number of hydrogen-bond acceptors (Lipinski definition) is 3. The van der Waals surface area contributed by atoms with Crippen LogP contribution in [0.2, 0.25) is 0 Å². The molecule has 5 nitrogen and oxygen atoms in total. The maximum absolute atomic E-state index is 12.3. The molecule has 0 saturated carbocycles. The van der Waals surface area contributed by atoms with Crippen LogP contribution in [-0.2, 0) is 9.59 Å². The van der Waals surface area contributed by atoms with Gasteiger partial charge in [0.1, 0.15) is 12.4 Å².